The van der Waals surface area contributed by atoms with Gasteiger partial charge in [0, 0.05) is 11.5 Å². The normalized spacial score (nSPS) is 26.3. The van der Waals surface area contributed by atoms with Crippen molar-refractivity contribution in [3.63, 3.8) is 0 Å². The van der Waals surface area contributed by atoms with Crippen molar-refractivity contribution in [2.24, 2.45) is 5.11 Å². The van der Waals surface area contributed by atoms with E-state index in [1.165, 1.54) is 0 Å². The minimum absolute atomic E-state index is 0.296. The van der Waals surface area contributed by atoms with Gasteiger partial charge >= 0.3 is 12.1 Å². The second kappa shape index (κ2) is 3.93. The summed E-state index contributed by atoms with van der Waals surface area (Å²) in [6.45, 7) is -1.23. The van der Waals surface area contributed by atoms with Gasteiger partial charge in [0.1, 0.15) is 6.17 Å². The maximum absolute atomic E-state index is 12.9. The van der Waals surface area contributed by atoms with E-state index in [1.54, 1.807) is 0 Å². The van der Waals surface area contributed by atoms with Crippen molar-refractivity contribution in [1.82, 2.24) is 4.90 Å². The van der Waals surface area contributed by atoms with Crippen molar-refractivity contribution < 1.29 is 22.4 Å². The lowest BCUT2D eigenvalue weighted by Gasteiger charge is -2.16. The largest absolute Gasteiger partial charge is 0.471 e. The van der Waals surface area contributed by atoms with Crippen molar-refractivity contribution in [2.45, 2.75) is 18.4 Å². The van der Waals surface area contributed by atoms with Gasteiger partial charge in [0.05, 0.1) is 12.6 Å². The smallest absolute Gasteiger partial charge is 0.331 e. The average molecular weight is 226 g/mol. The summed E-state index contributed by atoms with van der Waals surface area (Å²) in [7, 11) is 0. The molecule has 84 valence electrons. The summed E-state index contributed by atoms with van der Waals surface area (Å²) in [6.07, 6.45) is -6.77. The lowest BCUT2D eigenvalue weighted by molar-refractivity contribution is -0.184. The number of rotatable bonds is 1. The van der Waals surface area contributed by atoms with E-state index in [1.807, 2.05) is 0 Å². The van der Waals surface area contributed by atoms with Gasteiger partial charge in [-0.05, 0) is 5.53 Å². The van der Waals surface area contributed by atoms with Crippen LogP contribution in [-0.4, -0.2) is 42.3 Å². The van der Waals surface area contributed by atoms with E-state index in [9.17, 15) is 22.4 Å². The van der Waals surface area contributed by atoms with Crippen molar-refractivity contribution in [3.8, 4) is 0 Å². The van der Waals surface area contributed by atoms with Gasteiger partial charge in [0.25, 0.3) is 0 Å². The third-order valence-electron chi connectivity index (χ3n) is 1.95. The van der Waals surface area contributed by atoms with Crippen LogP contribution < -0.4 is 0 Å². The molecule has 2 atom stereocenters. The van der Waals surface area contributed by atoms with Crippen LogP contribution in [0.25, 0.3) is 10.4 Å². The Balaban J connectivity index is 2.70. The first-order valence-corrected chi connectivity index (χ1v) is 3.90. The van der Waals surface area contributed by atoms with Crippen molar-refractivity contribution in [1.29, 1.82) is 0 Å². The number of likely N-dealkylation sites (tertiary alicyclic amines) is 1. The van der Waals surface area contributed by atoms with Gasteiger partial charge in [-0.25, -0.2) is 4.39 Å². The summed E-state index contributed by atoms with van der Waals surface area (Å²) >= 11 is 0. The number of hydrogen-bond acceptors (Lipinski definition) is 2. The highest BCUT2D eigenvalue weighted by atomic mass is 19.4. The van der Waals surface area contributed by atoms with E-state index in [4.69, 9.17) is 5.53 Å². The Bertz CT molecular complexity index is 311. The highest BCUT2D eigenvalue weighted by Crippen LogP contribution is 2.24. The Hall–Kier alpha value is -1.50. The van der Waals surface area contributed by atoms with Crippen molar-refractivity contribution >= 4 is 5.91 Å². The van der Waals surface area contributed by atoms with Crippen LogP contribution in [0.5, 0.6) is 0 Å². The van der Waals surface area contributed by atoms with Gasteiger partial charge in [-0.3, -0.25) is 4.79 Å². The number of azide groups is 1. The Labute approximate surface area is 81.3 Å². The number of amides is 1. The number of hydrogen-bond donors (Lipinski definition) is 0. The summed E-state index contributed by atoms with van der Waals surface area (Å²) in [5.74, 6) is -2.11. The maximum atomic E-state index is 12.9. The third kappa shape index (κ3) is 2.50. The minimum Gasteiger partial charge on any atom is -0.331 e. The molecular formula is C6H6F4N4O. The molecular weight excluding hydrogens is 220 g/mol. The first-order chi connectivity index (χ1) is 6.86. The fourth-order valence-electron chi connectivity index (χ4n) is 1.27. The molecule has 0 aromatic heterocycles. The molecule has 0 unspecified atom stereocenters. The molecule has 1 saturated heterocycles. The molecule has 0 N–H and O–H groups in total. The highest BCUT2D eigenvalue weighted by molar-refractivity contribution is 5.82. The molecule has 0 radical (unpaired) electrons. The minimum atomic E-state index is -5.02. The predicted molar refractivity (Wildman–Crippen MR) is 40.5 cm³/mol. The van der Waals surface area contributed by atoms with Gasteiger partial charge in [-0.2, -0.15) is 13.2 Å². The SMILES string of the molecule is [N-]=[N+]=N[C@H]1CN(C(=O)C(F)(F)F)C[C@@H]1F. The van der Waals surface area contributed by atoms with Gasteiger partial charge in [-0.15, -0.1) is 0 Å². The molecule has 1 aliphatic heterocycles. The zero-order chi connectivity index (χ0) is 11.6. The topological polar surface area (TPSA) is 69.1 Å². The van der Waals surface area contributed by atoms with Gasteiger partial charge < -0.3 is 4.90 Å². The molecule has 1 rings (SSSR count). The molecule has 0 aliphatic carbocycles. The second-order valence-electron chi connectivity index (χ2n) is 3.00. The van der Waals surface area contributed by atoms with E-state index >= 15 is 0 Å². The monoisotopic (exact) mass is 226 g/mol. The van der Waals surface area contributed by atoms with E-state index in [0.717, 1.165) is 0 Å². The third-order valence-corrected chi connectivity index (χ3v) is 1.95. The number of carbonyl (C=O) groups excluding carboxylic acids is 1. The van der Waals surface area contributed by atoms with Crippen LogP contribution in [0.3, 0.4) is 0 Å². The summed E-state index contributed by atoms with van der Waals surface area (Å²) in [4.78, 5) is 13.2. The average Bonchev–Trinajstić information content (AvgIpc) is 2.46. The Morgan fingerprint density at radius 3 is 2.53 bits per heavy atom. The van der Waals surface area contributed by atoms with Crippen molar-refractivity contribution in [2.75, 3.05) is 13.1 Å². The Morgan fingerprint density at radius 2 is 2.07 bits per heavy atom. The summed E-state index contributed by atoms with van der Waals surface area (Å²) in [5.41, 5.74) is 8.00. The molecule has 1 aliphatic rings. The van der Waals surface area contributed by atoms with Crippen LogP contribution in [-0.2, 0) is 4.79 Å². The number of carbonyl (C=O) groups is 1. The molecule has 0 spiro atoms. The van der Waals surface area contributed by atoms with Gasteiger partial charge in [0.15, 0.2) is 0 Å². The maximum Gasteiger partial charge on any atom is 0.471 e. The fourth-order valence-corrected chi connectivity index (χ4v) is 1.27. The van der Waals surface area contributed by atoms with Crippen LogP contribution in [0.1, 0.15) is 0 Å². The highest BCUT2D eigenvalue weighted by Gasteiger charge is 2.47. The second-order valence-corrected chi connectivity index (χ2v) is 3.00. The number of halogens is 4. The first-order valence-electron chi connectivity index (χ1n) is 3.90. The first kappa shape index (κ1) is 11.6. The zero-order valence-corrected chi connectivity index (χ0v) is 7.28. The molecule has 0 bridgehead atoms. The van der Waals surface area contributed by atoms with E-state index < -0.39 is 37.4 Å². The van der Waals surface area contributed by atoms with Crippen LogP contribution >= 0.6 is 0 Å². The molecule has 15 heavy (non-hydrogen) atoms. The van der Waals surface area contributed by atoms with Crippen LogP contribution in [0.2, 0.25) is 0 Å². The van der Waals surface area contributed by atoms with E-state index in [-0.39, 0.29) is 0 Å². The van der Waals surface area contributed by atoms with Crippen molar-refractivity contribution in [3.05, 3.63) is 10.4 Å². The molecule has 5 nitrogen and oxygen atoms in total. The van der Waals surface area contributed by atoms with Crippen LogP contribution in [0.15, 0.2) is 5.11 Å². The van der Waals surface area contributed by atoms with Gasteiger partial charge in [-0.1, -0.05) is 5.11 Å². The standard InChI is InChI=1S/C6H6F4N4O/c7-3-1-14(2-4(3)12-13-11)5(15)6(8,9)10/h3-4H,1-2H2/t3-,4-/m0/s1. The summed E-state index contributed by atoms with van der Waals surface area (Å²) in [6, 6.07) is -1.23. The molecule has 0 aromatic carbocycles. The predicted octanol–water partition coefficient (Wildman–Crippen LogP) is 1.41. The Morgan fingerprint density at radius 1 is 1.47 bits per heavy atom. The lowest BCUT2D eigenvalue weighted by atomic mass is 10.2. The quantitative estimate of drug-likeness (QED) is 0.288. The molecule has 9 heteroatoms. The van der Waals surface area contributed by atoms with E-state index in [0.29, 0.717) is 4.90 Å². The lowest BCUT2D eigenvalue weighted by Crippen LogP contribution is -2.40. The number of nitrogens with zero attached hydrogens (tertiary/aromatic N) is 4. The summed E-state index contributed by atoms with van der Waals surface area (Å²) < 4.78 is 48.7. The molecule has 1 fully saturated rings. The molecule has 1 heterocycles. The Kier molecular flexibility index (Phi) is 3.04. The molecule has 0 saturated carbocycles. The number of alkyl halides is 4. The van der Waals surface area contributed by atoms with Crippen LogP contribution in [0, 0.1) is 0 Å². The van der Waals surface area contributed by atoms with Gasteiger partial charge in [0.2, 0.25) is 0 Å². The zero-order valence-electron chi connectivity index (χ0n) is 7.28. The van der Waals surface area contributed by atoms with E-state index in [2.05, 4.69) is 10.0 Å². The summed E-state index contributed by atoms with van der Waals surface area (Å²) in [5, 5.41) is 2.96. The van der Waals surface area contributed by atoms with Crippen LogP contribution in [0.4, 0.5) is 17.6 Å². The molecule has 1 amide bonds. The molecule has 0 aromatic rings. The fraction of sp³-hybridized carbons (Fsp3) is 0.833.